The van der Waals surface area contributed by atoms with E-state index in [9.17, 15) is 0 Å². The van der Waals surface area contributed by atoms with Crippen molar-refractivity contribution in [1.29, 1.82) is 0 Å². The van der Waals surface area contributed by atoms with Gasteiger partial charge < -0.3 is 15.4 Å². The Morgan fingerprint density at radius 2 is 1.96 bits per heavy atom. The Kier molecular flexibility index (Phi) is 11.6. The Morgan fingerprint density at radius 3 is 2.62 bits per heavy atom. The van der Waals surface area contributed by atoms with Crippen molar-refractivity contribution in [2.75, 3.05) is 39.9 Å². The Hall–Kier alpha value is -0.510. The second kappa shape index (κ2) is 12.8. The first-order chi connectivity index (χ1) is 12.1. The highest BCUT2D eigenvalue weighted by molar-refractivity contribution is 14.0. The topological polar surface area (TPSA) is 48.9 Å². The van der Waals surface area contributed by atoms with Crippen molar-refractivity contribution in [3.05, 3.63) is 30.3 Å². The van der Waals surface area contributed by atoms with Crippen LogP contribution in [-0.4, -0.2) is 68.1 Å². The van der Waals surface area contributed by atoms with E-state index in [1.54, 1.807) is 0 Å². The van der Waals surface area contributed by atoms with Crippen LogP contribution in [0.15, 0.2) is 40.2 Å². The third-order valence-corrected chi connectivity index (χ3v) is 5.52. The molecule has 0 saturated carbocycles. The van der Waals surface area contributed by atoms with Crippen molar-refractivity contribution in [2.45, 2.75) is 43.0 Å². The fraction of sp³-hybridized carbons (Fsp3) is 0.632. The average molecular weight is 492 g/mol. The summed E-state index contributed by atoms with van der Waals surface area (Å²) in [6.45, 7) is 11.1. The summed E-state index contributed by atoms with van der Waals surface area (Å²) in [7, 11) is 1.83. The van der Waals surface area contributed by atoms with Gasteiger partial charge in [-0.15, -0.1) is 35.7 Å². The van der Waals surface area contributed by atoms with Gasteiger partial charge in [-0.3, -0.25) is 9.89 Å². The molecule has 148 valence electrons. The maximum Gasteiger partial charge on any atom is 0.191 e. The monoisotopic (exact) mass is 492 g/mol. The van der Waals surface area contributed by atoms with E-state index in [2.05, 4.69) is 71.6 Å². The van der Waals surface area contributed by atoms with E-state index >= 15 is 0 Å². The van der Waals surface area contributed by atoms with Gasteiger partial charge in [-0.1, -0.05) is 25.1 Å². The van der Waals surface area contributed by atoms with Crippen LogP contribution in [0, 0.1) is 0 Å². The minimum Gasteiger partial charge on any atom is -0.379 e. The first-order valence-corrected chi connectivity index (χ1v) is 9.97. The molecule has 0 spiro atoms. The largest absolute Gasteiger partial charge is 0.379 e. The third kappa shape index (κ3) is 8.02. The summed E-state index contributed by atoms with van der Waals surface area (Å²) in [5, 5.41) is 7.36. The number of hydrogen-bond donors (Lipinski definition) is 2. The normalized spacial score (nSPS) is 20.8. The van der Waals surface area contributed by atoms with E-state index in [1.807, 2.05) is 18.8 Å². The van der Waals surface area contributed by atoms with Gasteiger partial charge in [0.1, 0.15) is 0 Å². The molecule has 1 aliphatic rings. The highest BCUT2D eigenvalue weighted by Crippen LogP contribution is 2.21. The second-order valence-corrected chi connectivity index (χ2v) is 8.10. The fourth-order valence-corrected chi connectivity index (χ4v) is 3.94. The molecule has 5 nitrogen and oxygen atoms in total. The third-order valence-electron chi connectivity index (χ3n) is 4.41. The highest BCUT2D eigenvalue weighted by Gasteiger charge is 2.23. The smallest absolute Gasteiger partial charge is 0.191 e. The number of morpholine rings is 1. The second-order valence-electron chi connectivity index (χ2n) is 6.59. The van der Waals surface area contributed by atoms with E-state index in [-0.39, 0.29) is 24.0 Å². The summed E-state index contributed by atoms with van der Waals surface area (Å²) in [6, 6.07) is 11.4. The molecule has 1 saturated heterocycles. The minimum absolute atomic E-state index is 0. The van der Waals surface area contributed by atoms with Gasteiger partial charge in [0, 0.05) is 48.9 Å². The number of benzene rings is 1. The standard InChI is InChI=1S/C19H32N4OS.HI/c1-15(23-10-11-24-14-16(23)2)12-21-19(20-4)22-13-17(3)25-18-8-6-5-7-9-18;/h5-9,15-17H,10-14H2,1-4H3,(H2,20,21,22);1H. The molecule has 3 atom stereocenters. The molecule has 3 unspecified atom stereocenters. The predicted octanol–water partition coefficient (Wildman–Crippen LogP) is 3.06. The van der Waals surface area contributed by atoms with Crippen molar-refractivity contribution in [1.82, 2.24) is 15.5 Å². The minimum atomic E-state index is 0. The lowest BCUT2D eigenvalue weighted by molar-refractivity contribution is -0.0174. The number of nitrogens with one attached hydrogen (secondary N) is 2. The van der Waals surface area contributed by atoms with Gasteiger partial charge in [0.25, 0.3) is 0 Å². The van der Waals surface area contributed by atoms with Crippen molar-refractivity contribution < 1.29 is 4.74 Å². The molecular formula is C19H33IN4OS. The number of halogens is 1. The molecule has 0 radical (unpaired) electrons. The van der Waals surface area contributed by atoms with Crippen LogP contribution >= 0.6 is 35.7 Å². The van der Waals surface area contributed by atoms with E-state index in [0.717, 1.165) is 38.8 Å². The van der Waals surface area contributed by atoms with Crippen LogP contribution in [-0.2, 0) is 4.74 Å². The Morgan fingerprint density at radius 1 is 1.27 bits per heavy atom. The summed E-state index contributed by atoms with van der Waals surface area (Å²) in [6.07, 6.45) is 0. The molecule has 0 aliphatic carbocycles. The van der Waals surface area contributed by atoms with Crippen molar-refractivity contribution in [3.63, 3.8) is 0 Å². The van der Waals surface area contributed by atoms with Crippen molar-refractivity contribution in [2.24, 2.45) is 4.99 Å². The maximum absolute atomic E-state index is 5.52. The molecule has 0 bridgehead atoms. The number of aliphatic imine (C=N–C) groups is 1. The molecule has 1 heterocycles. The Balaban J connectivity index is 0.00000338. The molecule has 1 aromatic rings. The summed E-state index contributed by atoms with van der Waals surface area (Å²) in [5.41, 5.74) is 0. The van der Waals surface area contributed by atoms with Crippen LogP contribution in [0.5, 0.6) is 0 Å². The molecule has 26 heavy (non-hydrogen) atoms. The number of rotatable bonds is 7. The van der Waals surface area contributed by atoms with Crippen LogP contribution in [0.1, 0.15) is 20.8 Å². The summed E-state index contributed by atoms with van der Waals surface area (Å²) in [4.78, 5) is 8.14. The van der Waals surface area contributed by atoms with Crippen LogP contribution in [0.25, 0.3) is 0 Å². The molecule has 7 heteroatoms. The zero-order chi connectivity index (χ0) is 18.1. The number of hydrogen-bond acceptors (Lipinski definition) is 4. The Bertz CT molecular complexity index is 532. The van der Waals surface area contributed by atoms with Gasteiger partial charge in [0.2, 0.25) is 0 Å². The van der Waals surface area contributed by atoms with Crippen LogP contribution < -0.4 is 10.6 Å². The Labute approximate surface area is 179 Å². The molecule has 1 aliphatic heterocycles. The highest BCUT2D eigenvalue weighted by atomic mass is 127. The molecule has 2 rings (SSSR count). The van der Waals surface area contributed by atoms with E-state index in [0.29, 0.717) is 17.3 Å². The molecule has 2 N–H and O–H groups in total. The van der Waals surface area contributed by atoms with Gasteiger partial charge in [-0.2, -0.15) is 0 Å². The SMILES string of the molecule is CN=C(NCC(C)Sc1ccccc1)NCC(C)N1CCOCC1C.I. The number of ether oxygens (including phenoxy) is 1. The first-order valence-electron chi connectivity index (χ1n) is 9.10. The van der Waals surface area contributed by atoms with Gasteiger partial charge in [0.05, 0.1) is 13.2 Å². The van der Waals surface area contributed by atoms with Crippen LogP contribution in [0.4, 0.5) is 0 Å². The first kappa shape index (κ1) is 23.5. The van der Waals surface area contributed by atoms with Gasteiger partial charge in [-0.25, -0.2) is 0 Å². The van der Waals surface area contributed by atoms with Crippen molar-refractivity contribution >= 4 is 41.7 Å². The lowest BCUT2D eigenvalue weighted by Gasteiger charge is -2.38. The lowest BCUT2D eigenvalue weighted by Crippen LogP contribution is -2.53. The molecule has 0 amide bonds. The van der Waals surface area contributed by atoms with E-state index in [1.165, 1.54) is 4.90 Å². The number of thioether (sulfide) groups is 1. The fourth-order valence-electron chi connectivity index (χ4n) is 2.99. The molecule has 0 aromatic heterocycles. The van der Waals surface area contributed by atoms with Crippen LogP contribution in [0.2, 0.25) is 0 Å². The summed E-state index contributed by atoms with van der Waals surface area (Å²) in [5.74, 6) is 0.869. The van der Waals surface area contributed by atoms with Crippen LogP contribution in [0.3, 0.4) is 0 Å². The predicted molar refractivity (Wildman–Crippen MR) is 123 cm³/mol. The average Bonchev–Trinajstić information content (AvgIpc) is 2.63. The number of nitrogens with zero attached hydrogens (tertiary/aromatic N) is 2. The zero-order valence-electron chi connectivity index (χ0n) is 16.3. The zero-order valence-corrected chi connectivity index (χ0v) is 19.4. The summed E-state index contributed by atoms with van der Waals surface area (Å²) >= 11 is 1.88. The maximum atomic E-state index is 5.52. The number of guanidine groups is 1. The summed E-state index contributed by atoms with van der Waals surface area (Å²) < 4.78 is 5.52. The lowest BCUT2D eigenvalue weighted by atomic mass is 10.2. The molecular weight excluding hydrogens is 459 g/mol. The van der Waals surface area contributed by atoms with Gasteiger partial charge in [0.15, 0.2) is 5.96 Å². The van der Waals surface area contributed by atoms with E-state index < -0.39 is 0 Å². The van der Waals surface area contributed by atoms with E-state index in [4.69, 9.17) is 4.74 Å². The molecule has 1 aromatic carbocycles. The molecule has 1 fully saturated rings. The quantitative estimate of drug-likeness (QED) is 0.265. The van der Waals surface area contributed by atoms with Gasteiger partial charge >= 0.3 is 0 Å². The van der Waals surface area contributed by atoms with Gasteiger partial charge in [-0.05, 0) is 26.0 Å². The van der Waals surface area contributed by atoms with Crippen molar-refractivity contribution in [3.8, 4) is 0 Å².